The Kier molecular flexibility index (Phi) is 6.67. The molecular formula is C19H23NO3S. The van der Waals surface area contributed by atoms with Gasteiger partial charge in [-0.3, -0.25) is 4.79 Å². The highest BCUT2D eigenvalue weighted by atomic mass is 32.2. The Balaban J connectivity index is 1.96. The number of pyridine rings is 1. The van der Waals surface area contributed by atoms with Crippen molar-refractivity contribution >= 4 is 17.7 Å². The second-order valence-electron chi connectivity index (χ2n) is 6.01. The standard InChI is InChI=1S/C19H23NO3S/c1-13(2)24-18-16(5-4-10-20-18)12-23-17-8-6-15(7-9-17)11-14(3)19(21)22/h4-10,13-14H,11-12H2,1-3H3,(H,21,22). The third-order valence-corrected chi connectivity index (χ3v) is 4.54. The lowest BCUT2D eigenvalue weighted by Crippen LogP contribution is -2.12. The Bertz CT molecular complexity index is 671. The molecule has 0 radical (unpaired) electrons. The van der Waals surface area contributed by atoms with Crippen LogP contribution in [0.4, 0.5) is 0 Å². The summed E-state index contributed by atoms with van der Waals surface area (Å²) in [5.41, 5.74) is 2.06. The number of hydrogen-bond donors (Lipinski definition) is 1. The average molecular weight is 345 g/mol. The molecule has 0 saturated heterocycles. The maximum absolute atomic E-state index is 10.9. The molecular weight excluding hydrogens is 322 g/mol. The van der Waals surface area contributed by atoms with Crippen LogP contribution in [0.25, 0.3) is 0 Å². The summed E-state index contributed by atoms with van der Waals surface area (Å²) in [6.45, 7) is 6.46. The lowest BCUT2D eigenvalue weighted by molar-refractivity contribution is -0.141. The highest BCUT2D eigenvalue weighted by Gasteiger charge is 2.11. The maximum Gasteiger partial charge on any atom is 0.306 e. The first kappa shape index (κ1) is 18.3. The number of thioether (sulfide) groups is 1. The van der Waals surface area contributed by atoms with Gasteiger partial charge in [0.05, 0.1) is 5.92 Å². The molecule has 0 aliphatic rings. The van der Waals surface area contributed by atoms with Gasteiger partial charge in [0, 0.05) is 17.0 Å². The van der Waals surface area contributed by atoms with Crippen LogP contribution in [0.1, 0.15) is 31.9 Å². The van der Waals surface area contributed by atoms with E-state index in [1.165, 1.54) is 0 Å². The van der Waals surface area contributed by atoms with Crippen LogP contribution in [-0.4, -0.2) is 21.3 Å². The summed E-state index contributed by atoms with van der Waals surface area (Å²) in [6.07, 6.45) is 2.32. The lowest BCUT2D eigenvalue weighted by atomic mass is 10.0. The normalized spacial score (nSPS) is 12.2. The first-order chi connectivity index (χ1) is 11.5. The van der Waals surface area contributed by atoms with Gasteiger partial charge in [-0.1, -0.05) is 39.0 Å². The zero-order valence-corrected chi connectivity index (χ0v) is 15.0. The van der Waals surface area contributed by atoms with E-state index in [1.54, 1.807) is 24.9 Å². The van der Waals surface area contributed by atoms with E-state index in [2.05, 4.69) is 18.8 Å². The van der Waals surface area contributed by atoms with Crippen molar-refractivity contribution in [3.63, 3.8) is 0 Å². The number of aliphatic carboxylic acids is 1. The monoisotopic (exact) mass is 345 g/mol. The molecule has 24 heavy (non-hydrogen) atoms. The Labute approximate surface area is 147 Å². The van der Waals surface area contributed by atoms with Crippen LogP contribution in [0.3, 0.4) is 0 Å². The molecule has 128 valence electrons. The third-order valence-electron chi connectivity index (χ3n) is 3.48. The average Bonchev–Trinajstić information content (AvgIpc) is 2.54. The number of hydrogen-bond acceptors (Lipinski definition) is 4. The zero-order chi connectivity index (χ0) is 17.5. The topological polar surface area (TPSA) is 59.4 Å². The van der Waals surface area contributed by atoms with Crippen LogP contribution >= 0.6 is 11.8 Å². The highest BCUT2D eigenvalue weighted by Crippen LogP contribution is 2.25. The molecule has 0 spiro atoms. The fourth-order valence-electron chi connectivity index (χ4n) is 2.19. The molecule has 4 nitrogen and oxygen atoms in total. The fraction of sp³-hybridized carbons (Fsp3) is 0.368. The van der Waals surface area contributed by atoms with Crippen molar-refractivity contribution in [1.29, 1.82) is 0 Å². The van der Waals surface area contributed by atoms with E-state index in [-0.39, 0.29) is 5.92 Å². The van der Waals surface area contributed by atoms with Crippen molar-refractivity contribution in [2.24, 2.45) is 5.92 Å². The number of carbonyl (C=O) groups is 1. The molecule has 2 rings (SSSR count). The van der Waals surface area contributed by atoms with Gasteiger partial charge in [0.25, 0.3) is 0 Å². The van der Waals surface area contributed by atoms with Crippen molar-refractivity contribution in [3.05, 3.63) is 53.7 Å². The fourth-order valence-corrected chi connectivity index (χ4v) is 3.03. The molecule has 2 aromatic rings. The van der Waals surface area contributed by atoms with Gasteiger partial charge in [-0.15, -0.1) is 11.8 Å². The van der Waals surface area contributed by atoms with Crippen LogP contribution in [0.2, 0.25) is 0 Å². The van der Waals surface area contributed by atoms with Crippen LogP contribution in [0.15, 0.2) is 47.6 Å². The number of nitrogens with zero attached hydrogens (tertiary/aromatic N) is 1. The second kappa shape index (κ2) is 8.73. The minimum absolute atomic E-state index is 0.386. The summed E-state index contributed by atoms with van der Waals surface area (Å²) in [4.78, 5) is 15.3. The first-order valence-electron chi connectivity index (χ1n) is 8.00. The number of rotatable bonds is 8. The van der Waals surface area contributed by atoms with E-state index >= 15 is 0 Å². The Hall–Kier alpha value is -2.01. The lowest BCUT2D eigenvalue weighted by Gasteiger charge is -2.12. The van der Waals surface area contributed by atoms with Crippen molar-refractivity contribution in [2.45, 2.75) is 44.1 Å². The molecule has 0 fully saturated rings. The first-order valence-corrected chi connectivity index (χ1v) is 8.88. The summed E-state index contributed by atoms with van der Waals surface area (Å²) in [6, 6.07) is 11.6. The zero-order valence-electron chi connectivity index (χ0n) is 14.2. The molecule has 1 aromatic carbocycles. The van der Waals surface area contributed by atoms with E-state index < -0.39 is 5.97 Å². The molecule has 5 heteroatoms. The number of aromatic nitrogens is 1. The van der Waals surface area contributed by atoms with E-state index in [4.69, 9.17) is 9.84 Å². The number of carboxylic acid groups (broad SMARTS) is 1. The summed E-state index contributed by atoms with van der Waals surface area (Å²) in [7, 11) is 0. The van der Waals surface area contributed by atoms with E-state index in [0.717, 1.165) is 21.9 Å². The summed E-state index contributed by atoms with van der Waals surface area (Å²) < 4.78 is 5.85. The molecule has 0 saturated carbocycles. The predicted molar refractivity (Wildman–Crippen MR) is 96.5 cm³/mol. The van der Waals surface area contributed by atoms with Crippen molar-refractivity contribution in [1.82, 2.24) is 4.98 Å². The third kappa shape index (κ3) is 5.57. The van der Waals surface area contributed by atoms with Gasteiger partial charge in [0.2, 0.25) is 0 Å². The Morgan fingerprint density at radius 2 is 1.92 bits per heavy atom. The molecule has 0 aliphatic carbocycles. The van der Waals surface area contributed by atoms with Crippen LogP contribution < -0.4 is 4.74 Å². The van der Waals surface area contributed by atoms with Crippen molar-refractivity contribution in [3.8, 4) is 5.75 Å². The second-order valence-corrected chi connectivity index (χ2v) is 7.58. The summed E-state index contributed by atoms with van der Waals surface area (Å²) in [5.74, 6) is -0.393. The minimum Gasteiger partial charge on any atom is -0.489 e. The van der Waals surface area contributed by atoms with E-state index in [9.17, 15) is 4.79 Å². The van der Waals surface area contributed by atoms with Gasteiger partial charge in [-0.25, -0.2) is 4.98 Å². The molecule has 0 aliphatic heterocycles. The van der Waals surface area contributed by atoms with Crippen molar-refractivity contribution in [2.75, 3.05) is 0 Å². The van der Waals surface area contributed by atoms with Gasteiger partial charge < -0.3 is 9.84 Å². The Morgan fingerprint density at radius 1 is 1.21 bits per heavy atom. The molecule has 0 amide bonds. The van der Waals surface area contributed by atoms with E-state index in [0.29, 0.717) is 18.3 Å². The van der Waals surface area contributed by atoms with Crippen LogP contribution in [0.5, 0.6) is 5.75 Å². The maximum atomic E-state index is 10.9. The van der Waals surface area contributed by atoms with Gasteiger partial charge in [-0.05, 0) is 30.2 Å². The molecule has 1 unspecified atom stereocenters. The molecule has 0 bridgehead atoms. The number of carboxylic acids is 1. The van der Waals surface area contributed by atoms with E-state index in [1.807, 2.05) is 36.4 Å². The summed E-state index contributed by atoms with van der Waals surface area (Å²) in [5, 5.41) is 10.4. The van der Waals surface area contributed by atoms with Gasteiger partial charge >= 0.3 is 5.97 Å². The Morgan fingerprint density at radius 3 is 2.54 bits per heavy atom. The van der Waals surface area contributed by atoms with Gasteiger partial charge in [0.1, 0.15) is 17.4 Å². The van der Waals surface area contributed by atoms with Gasteiger partial charge in [-0.2, -0.15) is 0 Å². The molecule has 1 atom stereocenters. The van der Waals surface area contributed by atoms with Gasteiger partial charge in [0.15, 0.2) is 0 Å². The van der Waals surface area contributed by atoms with Crippen molar-refractivity contribution < 1.29 is 14.6 Å². The number of benzene rings is 1. The predicted octanol–water partition coefficient (Wildman–Crippen LogP) is 4.42. The SMILES string of the molecule is CC(C)Sc1ncccc1COc1ccc(CC(C)C(=O)O)cc1. The molecule has 1 aromatic heterocycles. The quantitative estimate of drug-likeness (QED) is 0.718. The number of ether oxygens (including phenoxy) is 1. The molecule has 1 heterocycles. The molecule has 1 N–H and O–H groups in total. The smallest absolute Gasteiger partial charge is 0.306 e. The largest absolute Gasteiger partial charge is 0.489 e. The van der Waals surface area contributed by atoms with Crippen LogP contribution in [0, 0.1) is 5.92 Å². The highest BCUT2D eigenvalue weighted by molar-refractivity contribution is 7.99. The summed E-state index contributed by atoms with van der Waals surface area (Å²) >= 11 is 1.73. The minimum atomic E-state index is -0.776. The van der Waals surface area contributed by atoms with Crippen LogP contribution in [-0.2, 0) is 17.8 Å².